The highest BCUT2D eigenvalue weighted by Crippen LogP contribution is 2.44. The second-order valence-electron chi connectivity index (χ2n) is 11.0. The molecule has 1 aromatic heterocycles. The highest BCUT2D eigenvalue weighted by atomic mass is 16.7. The Balaban J connectivity index is 2.00. The van der Waals surface area contributed by atoms with Crippen molar-refractivity contribution in [1.29, 1.82) is 0 Å². The molecule has 2 heterocycles. The second-order valence-corrected chi connectivity index (χ2v) is 11.0. The van der Waals surface area contributed by atoms with E-state index in [1.165, 1.54) is 38.4 Å². The molecule has 1 aliphatic heterocycles. The van der Waals surface area contributed by atoms with Crippen LogP contribution in [0.3, 0.4) is 0 Å². The Kier molecular flexibility index (Phi) is 12.0. The second kappa shape index (κ2) is 14.1. The third-order valence-corrected chi connectivity index (χ3v) is 6.79. The van der Waals surface area contributed by atoms with E-state index in [4.69, 9.17) is 9.94 Å². The summed E-state index contributed by atoms with van der Waals surface area (Å²) in [5.74, 6) is 1.55. The molecule has 0 amide bonds. The molecule has 0 spiro atoms. The lowest BCUT2D eigenvalue weighted by atomic mass is 9.71. The summed E-state index contributed by atoms with van der Waals surface area (Å²) < 4.78 is 0. The molecule has 196 valence electrons. The fourth-order valence-corrected chi connectivity index (χ4v) is 5.53. The third-order valence-electron chi connectivity index (χ3n) is 6.79. The molecule has 8 heteroatoms. The summed E-state index contributed by atoms with van der Waals surface area (Å²) in [5.41, 5.74) is -0.121. The average Bonchev–Trinajstić information content (AvgIpc) is 2.77. The highest BCUT2D eigenvalue weighted by molar-refractivity contribution is 5.33. The molecule has 34 heavy (non-hydrogen) atoms. The first kappa shape index (κ1) is 28.7. The predicted octanol–water partition coefficient (Wildman–Crippen LogP) is 5.42. The fourth-order valence-electron chi connectivity index (χ4n) is 5.53. The number of piperidine rings is 1. The van der Waals surface area contributed by atoms with Crippen molar-refractivity contribution < 1.29 is 9.94 Å². The van der Waals surface area contributed by atoms with Crippen LogP contribution >= 0.6 is 0 Å². The molecule has 2 rings (SSSR count). The van der Waals surface area contributed by atoms with Gasteiger partial charge in [0, 0.05) is 23.7 Å². The number of hydrogen-bond donors (Lipinski definition) is 3. The molecule has 3 N–H and O–H groups in total. The van der Waals surface area contributed by atoms with Crippen LogP contribution in [0.25, 0.3) is 0 Å². The van der Waals surface area contributed by atoms with Gasteiger partial charge in [-0.25, -0.2) is 9.97 Å². The van der Waals surface area contributed by atoms with Crippen molar-refractivity contribution in [2.45, 2.75) is 123 Å². The van der Waals surface area contributed by atoms with Crippen LogP contribution in [0.15, 0.2) is 6.33 Å². The van der Waals surface area contributed by atoms with Gasteiger partial charge in [-0.05, 0) is 59.3 Å². The minimum absolute atomic E-state index is 0.0383. The van der Waals surface area contributed by atoms with Crippen LogP contribution < -0.4 is 10.6 Å². The van der Waals surface area contributed by atoms with Gasteiger partial charge in [0.25, 0.3) is 0 Å². The normalized spacial score (nSPS) is 19.1. The average molecular weight is 479 g/mol. The maximum absolute atomic E-state index is 9.05. The van der Waals surface area contributed by atoms with Crippen LogP contribution in [0.5, 0.6) is 0 Å². The fraction of sp³-hybridized carbons (Fsp3) is 0.885. The van der Waals surface area contributed by atoms with Crippen molar-refractivity contribution in [1.82, 2.24) is 20.0 Å². The number of nitrogens with one attached hydrogen (secondary N) is 2. The number of unbranched alkanes of at least 4 members (excludes halogenated alkanes) is 5. The summed E-state index contributed by atoms with van der Waals surface area (Å²) in [7, 11) is 0. The summed E-state index contributed by atoms with van der Waals surface area (Å²) >= 11 is 0. The monoisotopic (exact) mass is 478 g/mol. The van der Waals surface area contributed by atoms with Crippen molar-refractivity contribution >= 4 is 11.9 Å². The number of aromatic nitrogens is 3. The van der Waals surface area contributed by atoms with Crippen LogP contribution in [0.4, 0.5) is 11.9 Å². The van der Waals surface area contributed by atoms with E-state index in [0.717, 1.165) is 38.7 Å². The number of nitrogens with zero attached hydrogens (tertiary/aromatic N) is 4. The van der Waals surface area contributed by atoms with Crippen molar-refractivity contribution in [3.05, 3.63) is 6.33 Å². The molecule has 0 radical (unpaired) electrons. The van der Waals surface area contributed by atoms with Gasteiger partial charge < -0.3 is 15.7 Å². The van der Waals surface area contributed by atoms with Crippen molar-refractivity contribution in [3.8, 4) is 0 Å². The summed E-state index contributed by atoms with van der Waals surface area (Å²) in [6.45, 7) is 15.0. The van der Waals surface area contributed by atoms with Gasteiger partial charge in [-0.3, -0.25) is 4.84 Å². The summed E-state index contributed by atoms with van der Waals surface area (Å²) in [6, 6.07) is 0.275. The first-order valence-electron chi connectivity index (χ1n) is 13.5. The number of aliphatic hydroxyl groups excluding tert-OH is 1. The number of anilines is 2. The Morgan fingerprint density at radius 1 is 1.00 bits per heavy atom. The standard InChI is InChI=1S/C26H50N6O2/c1-7-9-10-11-12-13-17-34-32-25(3,4)18-21(19-26(32,5)6)22(14-8-2)30-24-29-20-28-23(31-24)27-15-16-33/h20-22,33H,7-19H2,1-6H3,(H2,27,28,29,30,31). The number of aliphatic hydroxyl groups is 1. The quantitative estimate of drug-likeness (QED) is 0.271. The molecule has 1 saturated heterocycles. The first-order valence-corrected chi connectivity index (χ1v) is 13.5. The maximum Gasteiger partial charge on any atom is 0.227 e. The lowest BCUT2D eigenvalue weighted by molar-refractivity contribution is -0.288. The Labute approximate surface area is 207 Å². The van der Waals surface area contributed by atoms with Crippen LogP contribution in [-0.4, -0.2) is 62.0 Å². The predicted molar refractivity (Wildman–Crippen MR) is 140 cm³/mol. The molecule has 1 aromatic rings. The first-order chi connectivity index (χ1) is 16.2. The van der Waals surface area contributed by atoms with E-state index in [9.17, 15) is 0 Å². The van der Waals surface area contributed by atoms with Crippen molar-refractivity contribution in [2.75, 3.05) is 30.4 Å². The lowest BCUT2D eigenvalue weighted by Crippen LogP contribution is -2.62. The van der Waals surface area contributed by atoms with Gasteiger partial charge >= 0.3 is 0 Å². The van der Waals surface area contributed by atoms with E-state index < -0.39 is 0 Å². The molecule has 0 aromatic carbocycles. The van der Waals surface area contributed by atoms with Gasteiger partial charge in [0.15, 0.2) is 0 Å². The molecule has 8 nitrogen and oxygen atoms in total. The summed E-state index contributed by atoms with van der Waals surface area (Å²) in [6.07, 6.45) is 13.4. The van der Waals surface area contributed by atoms with E-state index in [1.807, 2.05) is 0 Å². The van der Waals surface area contributed by atoms with Gasteiger partial charge in [-0.15, -0.1) is 0 Å². The van der Waals surface area contributed by atoms with Crippen LogP contribution in [0, 0.1) is 5.92 Å². The Hall–Kier alpha value is -1.51. The van der Waals surface area contributed by atoms with E-state index in [2.05, 4.69) is 72.2 Å². The van der Waals surface area contributed by atoms with Crippen LogP contribution in [0.2, 0.25) is 0 Å². The number of hydrogen-bond acceptors (Lipinski definition) is 8. The van der Waals surface area contributed by atoms with E-state index in [1.54, 1.807) is 0 Å². The zero-order valence-electron chi connectivity index (χ0n) is 22.6. The summed E-state index contributed by atoms with van der Waals surface area (Å²) in [4.78, 5) is 19.4. The topological polar surface area (TPSA) is 95.4 Å². The van der Waals surface area contributed by atoms with E-state index in [0.29, 0.717) is 24.4 Å². The molecule has 1 fully saturated rings. The van der Waals surface area contributed by atoms with Gasteiger partial charge in [0.1, 0.15) is 6.33 Å². The Bertz CT molecular complexity index is 682. The third kappa shape index (κ3) is 8.93. The Morgan fingerprint density at radius 2 is 1.65 bits per heavy atom. The molecule has 1 unspecified atom stereocenters. The zero-order valence-corrected chi connectivity index (χ0v) is 22.6. The van der Waals surface area contributed by atoms with E-state index >= 15 is 0 Å². The number of rotatable bonds is 16. The molecular formula is C26H50N6O2. The van der Waals surface area contributed by atoms with Gasteiger partial charge in [0.05, 0.1) is 13.2 Å². The molecular weight excluding hydrogens is 428 g/mol. The summed E-state index contributed by atoms with van der Waals surface area (Å²) in [5, 5.41) is 18.0. The molecule has 1 aliphatic rings. The molecule has 0 aliphatic carbocycles. The Morgan fingerprint density at radius 3 is 2.29 bits per heavy atom. The van der Waals surface area contributed by atoms with Crippen LogP contribution in [0.1, 0.15) is 106 Å². The number of hydroxylamine groups is 2. The largest absolute Gasteiger partial charge is 0.395 e. The smallest absolute Gasteiger partial charge is 0.227 e. The lowest BCUT2D eigenvalue weighted by Gasteiger charge is -2.55. The maximum atomic E-state index is 9.05. The van der Waals surface area contributed by atoms with Gasteiger partial charge in [-0.1, -0.05) is 52.4 Å². The zero-order chi connectivity index (χ0) is 25.0. The molecule has 0 saturated carbocycles. The van der Waals surface area contributed by atoms with Gasteiger partial charge in [-0.2, -0.15) is 10.0 Å². The SMILES string of the molecule is CCCCCCCCON1C(C)(C)CC(C(CCC)Nc2ncnc(NCCO)n2)CC1(C)C. The molecule has 1 atom stereocenters. The van der Waals surface area contributed by atoms with Crippen LogP contribution in [-0.2, 0) is 4.84 Å². The highest BCUT2D eigenvalue weighted by Gasteiger charge is 2.48. The van der Waals surface area contributed by atoms with Crippen molar-refractivity contribution in [2.24, 2.45) is 5.92 Å². The van der Waals surface area contributed by atoms with E-state index in [-0.39, 0.29) is 23.7 Å². The minimum atomic E-state index is -0.0603. The minimum Gasteiger partial charge on any atom is -0.395 e. The van der Waals surface area contributed by atoms with Crippen molar-refractivity contribution in [3.63, 3.8) is 0 Å². The molecule has 0 bridgehead atoms. The van der Waals surface area contributed by atoms with Gasteiger partial charge in [0.2, 0.25) is 11.9 Å².